The molecule has 0 unspecified atom stereocenters. The quantitative estimate of drug-likeness (QED) is 0.724. The number of carbonyl (C=O) groups excluding carboxylic acids is 1. The van der Waals surface area contributed by atoms with E-state index in [1.54, 1.807) is 42.6 Å². The number of nitrogens with one attached hydrogen (secondary N) is 1. The monoisotopic (exact) mass is 334 g/mol. The molecule has 0 bridgehead atoms. The van der Waals surface area contributed by atoms with Gasteiger partial charge in [0.1, 0.15) is 17.1 Å². The number of Topliss-reactive ketones (excluding diaryl/α,β-unsaturated/α-hetero) is 1. The van der Waals surface area contributed by atoms with Crippen LogP contribution in [0.2, 0.25) is 0 Å². The molecule has 0 saturated carbocycles. The van der Waals surface area contributed by atoms with Crippen molar-refractivity contribution in [1.82, 2.24) is 20.2 Å². The van der Waals surface area contributed by atoms with Crippen LogP contribution in [0.3, 0.4) is 0 Å². The summed E-state index contributed by atoms with van der Waals surface area (Å²) in [5.41, 5.74) is 0.243. The SMILES string of the molecule is CC(=O)c1ccccn1.FC(F)(F)c1cc(-c2ccccn2)n[nH]1. The Kier molecular flexibility index (Phi) is 5.41. The van der Waals surface area contributed by atoms with Crippen LogP contribution in [-0.4, -0.2) is 25.9 Å². The molecule has 3 aromatic heterocycles. The highest BCUT2D eigenvalue weighted by atomic mass is 19.4. The zero-order valence-electron chi connectivity index (χ0n) is 12.6. The standard InChI is InChI=1S/C9H6F3N3.C7H7NO/c10-9(11,12)8-5-7(14-15-8)6-3-1-2-4-13-6;1-6(9)7-4-2-3-5-8-7/h1-5H,(H,14,15);2-5H,1H3. The topological polar surface area (TPSA) is 71.5 Å². The van der Waals surface area contributed by atoms with Crippen LogP contribution in [0.25, 0.3) is 11.4 Å². The third-order valence-electron chi connectivity index (χ3n) is 2.84. The maximum absolute atomic E-state index is 12.2. The minimum atomic E-state index is -4.40. The number of halogens is 3. The van der Waals surface area contributed by atoms with Gasteiger partial charge in [-0.15, -0.1) is 0 Å². The van der Waals surface area contributed by atoms with Gasteiger partial charge >= 0.3 is 6.18 Å². The molecule has 0 radical (unpaired) electrons. The Balaban J connectivity index is 0.000000198. The Hall–Kier alpha value is -3.03. The van der Waals surface area contributed by atoms with E-state index in [9.17, 15) is 18.0 Å². The van der Waals surface area contributed by atoms with E-state index in [2.05, 4.69) is 15.1 Å². The highest BCUT2D eigenvalue weighted by molar-refractivity contribution is 5.91. The summed E-state index contributed by atoms with van der Waals surface area (Å²) in [6.45, 7) is 1.50. The first-order valence-electron chi connectivity index (χ1n) is 6.84. The van der Waals surface area contributed by atoms with Crippen LogP contribution in [0.5, 0.6) is 0 Å². The van der Waals surface area contributed by atoms with Gasteiger partial charge in [-0.2, -0.15) is 18.3 Å². The number of carbonyl (C=O) groups is 1. The average molecular weight is 334 g/mol. The molecule has 0 atom stereocenters. The summed E-state index contributed by atoms with van der Waals surface area (Å²) in [5.74, 6) is 0.00981. The van der Waals surface area contributed by atoms with Crippen molar-refractivity contribution >= 4 is 5.78 Å². The molecule has 24 heavy (non-hydrogen) atoms. The van der Waals surface area contributed by atoms with E-state index in [1.165, 1.54) is 13.1 Å². The molecule has 0 spiro atoms. The molecular weight excluding hydrogens is 321 g/mol. The molecule has 0 fully saturated rings. The number of pyridine rings is 2. The second kappa shape index (κ2) is 7.49. The molecule has 0 saturated heterocycles. The first kappa shape index (κ1) is 17.3. The normalized spacial score (nSPS) is 10.7. The van der Waals surface area contributed by atoms with Gasteiger partial charge < -0.3 is 0 Å². The lowest BCUT2D eigenvalue weighted by Crippen LogP contribution is -2.04. The highest BCUT2D eigenvalue weighted by Gasteiger charge is 2.33. The molecule has 124 valence electrons. The van der Waals surface area contributed by atoms with Crippen molar-refractivity contribution in [1.29, 1.82) is 0 Å². The number of ketones is 1. The van der Waals surface area contributed by atoms with Crippen molar-refractivity contribution in [3.05, 3.63) is 66.2 Å². The molecule has 0 aliphatic heterocycles. The van der Waals surface area contributed by atoms with Crippen molar-refractivity contribution in [3.8, 4) is 11.4 Å². The number of aromatic amines is 1. The van der Waals surface area contributed by atoms with Gasteiger partial charge in [0.2, 0.25) is 0 Å². The van der Waals surface area contributed by atoms with Gasteiger partial charge in [0.05, 0.1) is 5.69 Å². The van der Waals surface area contributed by atoms with Crippen molar-refractivity contribution in [3.63, 3.8) is 0 Å². The number of rotatable bonds is 2. The fourth-order valence-corrected chi connectivity index (χ4v) is 1.68. The zero-order chi connectivity index (χ0) is 17.6. The van der Waals surface area contributed by atoms with Gasteiger partial charge in [0, 0.05) is 19.3 Å². The van der Waals surface area contributed by atoms with Crippen molar-refractivity contribution in [2.45, 2.75) is 13.1 Å². The number of hydrogen-bond acceptors (Lipinski definition) is 4. The Labute approximate surface area is 135 Å². The third-order valence-corrected chi connectivity index (χ3v) is 2.84. The summed E-state index contributed by atoms with van der Waals surface area (Å²) < 4.78 is 36.7. The summed E-state index contributed by atoms with van der Waals surface area (Å²) >= 11 is 0. The van der Waals surface area contributed by atoms with E-state index in [0.29, 0.717) is 11.4 Å². The molecule has 8 heteroatoms. The van der Waals surface area contributed by atoms with E-state index < -0.39 is 11.9 Å². The first-order chi connectivity index (χ1) is 11.4. The minimum Gasteiger partial charge on any atom is -0.293 e. The molecular formula is C16H13F3N4O. The molecule has 0 aliphatic rings. The van der Waals surface area contributed by atoms with Gasteiger partial charge in [-0.1, -0.05) is 12.1 Å². The lowest BCUT2D eigenvalue weighted by Gasteiger charge is -1.99. The van der Waals surface area contributed by atoms with Gasteiger partial charge in [0.25, 0.3) is 0 Å². The molecule has 0 aliphatic carbocycles. The molecule has 1 N–H and O–H groups in total. The van der Waals surface area contributed by atoms with Crippen molar-refractivity contribution < 1.29 is 18.0 Å². The summed E-state index contributed by atoms with van der Waals surface area (Å²) in [4.78, 5) is 18.3. The Morgan fingerprint density at radius 3 is 2.08 bits per heavy atom. The Morgan fingerprint density at radius 1 is 1.00 bits per heavy atom. The number of nitrogens with zero attached hydrogens (tertiary/aromatic N) is 3. The summed E-state index contributed by atoms with van der Waals surface area (Å²) in [6, 6.07) is 11.2. The van der Waals surface area contributed by atoms with E-state index in [-0.39, 0.29) is 11.5 Å². The smallest absolute Gasteiger partial charge is 0.293 e. The van der Waals surface area contributed by atoms with Crippen LogP contribution < -0.4 is 0 Å². The van der Waals surface area contributed by atoms with Crippen LogP contribution in [0.4, 0.5) is 13.2 Å². The van der Waals surface area contributed by atoms with Crippen LogP contribution in [-0.2, 0) is 6.18 Å². The highest BCUT2D eigenvalue weighted by Crippen LogP contribution is 2.29. The maximum atomic E-state index is 12.2. The summed E-state index contributed by atoms with van der Waals surface area (Å²) in [5, 5.41) is 5.47. The number of hydrogen-bond donors (Lipinski definition) is 1. The fraction of sp³-hybridized carbons (Fsp3) is 0.125. The van der Waals surface area contributed by atoms with E-state index in [4.69, 9.17) is 0 Å². The lowest BCUT2D eigenvalue weighted by atomic mass is 10.2. The fourth-order valence-electron chi connectivity index (χ4n) is 1.68. The maximum Gasteiger partial charge on any atom is 0.432 e. The number of aromatic nitrogens is 4. The predicted molar refractivity (Wildman–Crippen MR) is 81.1 cm³/mol. The Morgan fingerprint density at radius 2 is 1.67 bits per heavy atom. The van der Waals surface area contributed by atoms with Gasteiger partial charge in [0.15, 0.2) is 5.78 Å². The van der Waals surface area contributed by atoms with Crippen LogP contribution in [0.1, 0.15) is 23.1 Å². The van der Waals surface area contributed by atoms with E-state index >= 15 is 0 Å². The summed E-state index contributed by atoms with van der Waals surface area (Å²) in [6.07, 6.45) is -1.30. The summed E-state index contributed by atoms with van der Waals surface area (Å²) in [7, 11) is 0. The first-order valence-corrected chi connectivity index (χ1v) is 6.84. The van der Waals surface area contributed by atoms with Crippen molar-refractivity contribution in [2.75, 3.05) is 0 Å². The van der Waals surface area contributed by atoms with Gasteiger partial charge in [-0.25, -0.2) is 0 Å². The Bertz CT molecular complexity index is 786. The van der Waals surface area contributed by atoms with Crippen molar-refractivity contribution in [2.24, 2.45) is 0 Å². The van der Waals surface area contributed by atoms with Crippen LogP contribution in [0.15, 0.2) is 54.9 Å². The van der Waals surface area contributed by atoms with Crippen LogP contribution >= 0.6 is 0 Å². The minimum absolute atomic E-state index is 0.00981. The molecule has 3 rings (SSSR count). The molecule has 0 amide bonds. The number of alkyl halides is 3. The largest absolute Gasteiger partial charge is 0.432 e. The molecule has 3 aromatic rings. The van der Waals surface area contributed by atoms with Crippen LogP contribution in [0, 0.1) is 0 Å². The van der Waals surface area contributed by atoms with Gasteiger partial charge in [-0.3, -0.25) is 19.9 Å². The lowest BCUT2D eigenvalue weighted by molar-refractivity contribution is -0.141. The van der Waals surface area contributed by atoms with Gasteiger partial charge in [-0.05, 0) is 30.3 Å². The second-order valence-electron chi connectivity index (χ2n) is 4.65. The molecule has 5 nitrogen and oxygen atoms in total. The number of H-pyrrole nitrogens is 1. The molecule has 0 aromatic carbocycles. The third kappa shape index (κ3) is 4.73. The van der Waals surface area contributed by atoms with E-state index in [1.807, 2.05) is 5.10 Å². The zero-order valence-corrected chi connectivity index (χ0v) is 12.6. The predicted octanol–water partition coefficient (Wildman–Crippen LogP) is 3.77. The van der Waals surface area contributed by atoms with E-state index in [0.717, 1.165) is 6.07 Å². The second-order valence-corrected chi connectivity index (χ2v) is 4.65. The molecule has 3 heterocycles. The average Bonchev–Trinajstić information content (AvgIpc) is 3.07.